The van der Waals surface area contributed by atoms with E-state index in [2.05, 4.69) is 102 Å². The average molecular weight is 616 g/mol. The zero-order valence-electron chi connectivity index (χ0n) is 16.8. The molecule has 0 radical (unpaired) electrons. The Hall–Kier alpha value is -1.12. The molecule has 6 heteroatoms. The average Bonchev–Trinajstić information content (AvgIpc) is 2.99. The van der Waals surface area contributed by atoms with Crippen LogP contribution in [-0.4, -0.2) is 15.2 Å². The van der Waals surface area contributed by atoms with Crippen LogP contribution in [0.15, 0.2) is 66.9 Å². The van der Waals surface area contributed by atoms with Crippen LogP contribution in [0.1, 0.15) is 37.7 Å². The molecule has 0 atom stereocenters. The summed E-state index contributed by atoms with van der Waals surface area (Å²) in [4.78, 5) is 0. The fourth-order valence-corrected chi connectivity index (χ4v) is 4.07. The molecule has 2 aromatic carbocycles. The maximum atomic E-state index is 5.63. The first-order valence-electron chi connectivity index (χ1n) is 9.71. The fourth-order valence-electron chi connectivity index (χ4n) is 3.47. The van der Waals surface area contributed by atoms with Gasteiger partial charge in [-0.3, -0.25) is 0 Å². The van der Waals surface area contributed by atoms with E-state index in [0.29, 0.717) is 6.04 Å². The Morgan fingerprint density at radius 1 is 0.897 bits per heavy atom. The molecule has 4 rings (SSSR count). The second kappa shape index (κ2) is 13.2. The second-order valence-electron chi connectivity index (χ2n) is 7.20. The minimum atomic E-state index is 0. The minimum Gasteiger partial charge on any atom is -0.328 e. The van der Waals surface area contributed by atoms with Gasteiger partial charge in [0.15, 0.2) is 0 Å². The molecule has 2 N–H and O–H groups in total. The Balaban J connectivity index is 0.000000401. The molecule has 1 aromatic heterocycles. The van der Waals surface area contributed by atoms with Crippen molar-refractivity contribution in [1.29, 1.82) is 0 Å². The van der Waals surface area contributed by atoms with Crippen molar-refractivity contribution in [3.05, 3.63) is 76.2 Å². The van der Waals surface area contributed by atoms with Crippen LogP contribution in [0, 0.1) is 3.80 Å². The van der Waals surface area contributed by atoms with E-state index in [4.69, 9.17) is 5.73 Å². The number of nitrogens with two attached hydrogens (primary N) is 1. The monoisotopic (exact) mass is 614 g/mol. The van der Waals surface area contributed by atoms with E-state index in [9.17, 15) is 0 Å². The van der Waals surface area contributed by atoms with Gasteiger partial charge in [0.05, 0.1) is 0 Å². The molecule has 1 aliphatic rings. The van der Waals surface area contributed by atoms with Gasteiger partial charge >= 0.3 is 130 Å². The van der Waals surface area contributed by atoms with Crippen LogP contribution < -0.4 is 5.73 Å². The summed E-state index contributed by atoms with van der Waals surface area (Å²) in [5.41, 5.74) is 9.46. The van der Waals surface area contributed by atoms with Crippen molar-refractivity contribution >= 4 is 24.8 Å². The van der Waals surface area contributed by atoms with Gasteiger partial charge in [-0.2, -0.15) is 0 Å². The van der Waals surface area contributed by atoms with E-state index in [1.807, 2.05) is 0 Å². The number of aryl methyl sites for hydroxylation is 1. The number of aromatic nitrogens is 2. The van der Waals surface area contributed by atoms with Gasteiger partial charge in [0.1, 0.15) is 0 Å². The molecule has 1 heterocycles. The van der Waals surface area contributed by atoms with Crippen molar-refractivity contribution in [2.24, 2.45) is 12.8 Å². The number of imidazole rings is 1. The molecule has 1 aliphatic carbocycles. The largest absolute Gasteiger partial charge is 0.328 e. The summed E-state index contributed by atoms with van der Waals surface area (Å²) in [7, 11) is 2.09. The maximum Gasteiger partial charge on any atom is 0.00388 e. The first-order chi connectivity index (χ1) is 13.1. The Labute approximate surface area is 197 Å². The van der Waals surface area contributed by atoms with Crippen LogP contribution >= 0.6 is 24.8 Å². The van der Waals surface area contributed by atoms with E-state index in [-0.39, 0.29) is 24.8 Å². The van der Waals surface area contributed by atoms with Gasteiger partial charge in [-0.15, -0.1) is 24.8 Å². The van der Waals surface area contributed by atoms with Gasteiger partial charge in [0.2, 0.25) is 0 Å². The molecule has 0 spiro atoms. The van der Waals surface area contributed by atoms with E-state index in [1.54, 1.807) is 0 Å². The number of nitrogens with zero attached hydrogens (tertiary/aromatic N) is 2. The number of hydrogen-bond acceptors (Lipinski definition) is 1. The normalized spacial score (nSPS) is 13.5. The van der Waals surface area contributed by atoms with Gasteiger partial charge in [-0.1, -0.05) is 19.3 Å². The predicted molar refractivity (Wildman–Crippen MR) is 123 cm³/mol. The quantitative estimate of drug-likeness (QED) is 0.401. The first-order valence-corrected chi connectivity index (χ1v) is 10.9. The smallest absolute Gasteiger partial charge is 0.00388 e. The summed E-state index contributed by atoms with van der Waals surface area (Å²) in [6.07, 6.45) is 8.86. The van der Waals surface area contributed by atoms with Crippen LogP contribution in [-0.2, 0) is 32.9 Å². The molecular formula is C23H31Cl2N3Pt. The molecule has 0 aliphatic heterocycles. The number of halogens is 2. The van der Waals surface area contributed by atoms with Gasteiger partial charge in [-0.25, -0.2) is 0 Å². The molecule has 1 fully saturated rings. The summed E-state index contributed by atoms with van der Waals surface area (Å²) in [6, 6.07) is 21.7. The molecule has 29 heavy (non-hydrogen) atoms. The van der Waals surface area contributed by atoms with Crippen molar-refractivity contribution in [1.82, 2.24) is 9.13 Å². The second-order valence-corrected chi connectivity index (χ2v) is 8.22. The van der Waals surface area contributed by atoms with Gasteiger partial charge < -0.3 is 5.73 Å². The molecule has 3 nitrogen and oxygen atoms in total. The van der Waals surface area contributed by atoms with Crippen LogP contribution in [0.4, 0.5) is 0 Å². The van der Waals surface area contributed by atoms with E-state index < -0.39 is 0 Å². The summed E-state index contributed by atoms with van der Waals surface area (Å²) in [5.74, 6) is 0. The van der Waals surface area contributed by atoms with Crippen molar-refractivity contribution in [3.8, 4) is 11.3 Å². The number of rotatable bonds is 3. The first kappa shape index (κ1) is 25.9. The molecular weight excluding hydrogens is 584 g/mol. The number of hydrogen-bond donors (Lipinski definition) is 1. The third kappa shape index (κ3) is 7.57. The molecule has 162 valence electrons. The third-order valence-electron chi connectivity index (χ3n) is 4.98. The van der Waals surface area contributed by atoms with Crippen LogP contribution in [0.5, 0.6) is 0 Å². The molecule has 0 unspecified atom stereocenters. The zero-order chi connectivity index (χ0) is 19.1. The van der Waals surface area contributed by atoms with Crippen LogP contribution in [0.3, 0.4) is 0 Å². The number of benzene rings is 2. The van der Waals surface area contributed by atoms with E-state index >= 15 is 0 Å². The van der Waals surface area contributed by atoms with Crippen molar-refractivity contribution in [3.63, 3.8) is 0 Å². The maximum absolute atomic E-state index is 5.63. The molecule has 0 amide bonds. The molecule has 0 saturated heterocycles. The Morgan fingerprint density at radius 3 is 1.97 bits per heavy atom. The molecule has 3 aromatic rings. The SMILES string of the molecule is Cl.Cl.Cn1cc(-c2ccccc2)n(Cc2ccccc2)[c]1=[Pt].NC1CCCCC1. The zero-order valence-corrected chi connectivity index (χ0v) is 20.7. The van der Waals surface area contributed by atoms with Gasteiger partial charge in [0.25, 0.3) is 0 Å². The summed E-state index contributed by atoms with van der Waals surface area (Å²) in [5, 5.41) is 0. The van der Waals surface area contributed by atoms with Crippen molar-refractivity contribution in [2.75, 3.05) is 0 Å². The van der Waals surface area contributed by atoms with Crippen LogP contribution in [0.25, 0.3) is 11.3 Å². The Morgan fingerprint density at radius 2 is 1.45 bits per heavy atom. The Bertz CT molecular complexity index is 885. The summed E-state index contributed by atoms with van der Waals surface area (Å²) >= 11 is 2.39. The molecule has 1 saturated carbocycles. The topological polar surface area (TPSA) is 35.9 Å². The van der Waals surface area contributed by atoms with Gasteiger partial charge in [0, 0.05) is 6.04 Å². The summed E-state index contributed by atoms with van der Waals surface area (Å²) < 4.78 is 5.76. The van der Waals surface area contributed by atoms with E-state index in [1.165, 1.54) is 52.7 Å². The Kier molecular flexibility index (Phi) is 11.8. The standard InChI is InChI=1S/C17H16N2.C6H13N.2ClH.Pt/c1-18-13-17(16-10-6-3-7-11-16)19(14-18)12-15-8-4-2-5-9-15;7-6-4-2-1-3-5-6;;;/h2-11,13H,12H2,1H3;6H,1-5,7H2;2*1H;. The van der Waals surface area contributed by atoms with Crippen molar-refractivity contribution in [2.45, 2.75) is 44.7 Å². The third-order valence-corrected chi connectivity index (χ3v) is 6.40. The minimum absolute atomic E-state index is 0. The van der Waals surface area contributed by atoms with Crippen molar-refractivity contribution < 1.29 is 19.4 Å². The van der Waals surface area contributed by atoms with Crippen LogP contribution in [0.2, 0.25) is 0 Å². The fraction of sp³-hybridized carbons (Fsp3) is 0.348. The van der Waals surface area contributed by atoms with Gasteiger partial charge in [-0.05, 0) is 12.8 Å². The predicted octanol–water partition coefficient (Wildman–Crippen LogP) is 5.74. The summed E-state index contributed by atoms with van der Waals surface area (Å²) in [6.45, 7) is 0.894. The molecule has 0 bridgehead atoms. The van der Waals surface area contributed by atoms with E-state index in [0.717, 1.165) is 6.54 Å².